The van der Waals surface area contributed by atoms with Crippen LogP contribution in [0.15, 0.2) is 42.5 Å². The number of hydrogen-bond donors (Lipinski definition) is 1. The molecule has 0 unspecified atom stereocenters. The summed E-state index contributed by atoms with van der Waals surface area (Å²) in [6, 6.07) is 10.6. The molecule has 0 aromatic heterocycles. The van der Waals surface area contributed by atoms with E-state index >= 15 is 0 Å². The van der Waals surface area contributed by atoms with E-state index in [9.17, 15) is 0 Å². The molecule has 1 N–H and O–H groups in total. The lowest BCUT2D eigenvalue weighted by molar-refractivity contribution is 0.302. The van der Waals surface area contributed by atoms with Crippen LogP contribution < -0.4 is 5.32 Å². The van der Waals surface area contributed by atoms with Gasteiger partial charge in [0.25, 0.3) is 0 Å². The Morgan fingerprint density at radius 3 is 2.56 bits per heavy atom. The van der Waals surface area contributed by atoms with Crippen LogP contribution in [0, 0.1) is 0 Å². The molecule has 0 heterocycles. The molecule has 1 rings (SSSR count). The number of nitrogens with one attached hydrogen (secondary N) is 1. The Labute approximate surface area is 112 Å². The van der Waals surface area contributed by atoms with Crippen molar-refractivity contribution in [2.24, 2.45) is 0 Å². The molecule has 0 saturated heterocycles. The van der Waals surface area contributed by atoms with Crippen LogP contribution in [0.1, 0.15) is 25.8 Å². The van der Waals surface area contributed by atoms with E-state index in [1.165, 1.54) is 17.6 Å². The molecule has 0 spiro atoms. The van der Waals surface area contributed by atoms with Gasteiger partial charge in [0.05, 0.1) is 0 Å². The molecule has 0 aliphatic rings. The highest BCUT2D eigenvalue weighted by molar-refractivity contribution is 5.15. The zero-order chi connectivity index (χ0) is 13.2. The first-order valence-corrected chi connectivity index (χ1v) is 6.89. The largest absolute Gasteiger partial charge is 0.313 e. The van der Waals surface area contributed by atoms with Crippen molar-refractivity contribution in [1.82, 2.24) is 10.2 Å². The first-order chi connectivity index (χ1) is 8.76. The maximum absolute atomic E-state index is 4.15. The molecule has 0 aliphatic carbocycles. The monoisotopic (exact) mass is 246 g/mol. The molecule has 0 aliphatic heterocycles. The zero-order valence-electron chi connectivity index (χ0n) is 11.8. The first kappa shape index (κ1) is 14.9. The van der Waals surface area contributed by atoms with Crippen molar-refractivity contribution in [3.63, 3.8) is 0 Å². The predicted octanol–water partition coefficient (Wildman–Crippen LogP) is 3.06. The summed E-state index contributed by atoms with van der Waals surface area (Å²) >= 11 is 0. The van der Waals surface area contributed by atoms with Crippen LogP contribution in [-0.4, -0.2) is 31.1 Å². The second kappa shape index (κ2) is 8.90. The normalized spacial score (nSPS) is 10.8. The lowest BCUT2D eigenvalue weighted by Gasteiger charge is -2.22. The molecule has 0 saturated carbocycles. The van der Waals surface area contributed by atoms with Crippen molar-refractivity contribution < 1.29 is 0 Å². The second-order valence-electron chi connectivity index (χ2n) is 4.72. The molecule has 18 heavy (non-hydrogen) atoms. The third-order valence-electron chi connectivity index (χ3n) is 2.95. The number of benzene rings is 1. The van der Waals surface area contributed by atoms with Gasteiger partial charge in [0.15, 0.2) is 0 Å². The molecule has 100 valence electrons. The van der Waals surface area contributed by atoms with Gasteiger partial charge in [-0.05, 0) is 30.6 Å². The van der Waals surface area contributed by atoms with Gasteiger partial charge < -0.3 is 5.32 Å². The van der Waals surface area contributed by atoms with Crippen molar-refractivity contribution in [2.75, 3.05) is 26.2 Å². The van der Waals surface area contributed by atoms with E-state index in [1.54, 1.807) is 0 Å². The summed E-state index contributed by atoms with van der Waals surface area (Å²) in [7, 11) is 0. The highest BCUT2D eigenvalue weighted by Gasteiger charge is 2.05. The molecule has 1 aromatic rings. The summed E-state index contributed by atoms with van der Waals surface area (Å²) in [5, 5.41) is 3.40. The molecule has 2 heteroatoms. The van der Waals surface area contributed by atoms with Gasteiger partial charge in [-0.25, -0.2) is 0 Å². The lowest BCUT2D eigenvalue weighted by Crippen LogP contribution is -2.29. The van der Waals surface area contributed by atoms with Crippen molar-refractivity contribution in [2.45, 2.75) is 26.8 Å². The SMILES string of the molecule is C=C(CNCCC)CN(CC)Cc1ccccc1. The van der Waals surface area contributed by atoms with Crippen LogP contribution in [0.3, 0.4) is 0 Å². The molecule has 0 atom stereocenters. The molecule has 0 fully saturated rings. The molecular weight excluding hydrogens is 220 g/mol. The van der Waals surface area contributed by atoms with Crippen LogP contribution in [0.4, 0.5) is 0 Å². The highest BCUT2D eigenvalue weighted by Crippen LogP contribution is 2.05. The fourth-order valence-corrected chi connectivity index (χ4v) is 1.94. The third-order valence-corrected chi connectivity index (χ3v) is 2.95. The van der Waals surface area contributed by atoms with E-state index < -0.39 is 0 Å². The highest BCUT2D eigenvalue weighted by atomic mass is 15.1. The molecule has 0 bridgehead atoms. The second-order valence-corrected chi connectivity index (χ2v) is 4.72. The Bertz CT molecular complexity index is 332. The van der Waals surface area contributed by atoms with Crippen LogP contribution in [0.2, 0.25) is 0 Å². The third kappa shape index (κ3) is 5.99. The van der Waals surface area contributed by atoms with Gasteiger partial charge in [0, 0.05) is 19.6 Å². The average Bonchev–Trinajstić information content (AvgIpc) is 2.39. The Kier molecular flexibility index (Phi) is 7.38. The van der Waals surface area contributed by atoms with E-state index in [-0.39, 0.29) is 0 Å². The van der Waals surface area contributed by atoms with Crippen molar-refractivity contribution in [1.29, 1.82) is 0 Å². The van der Waals surface area contributed by atoms with Crippen molar-refractivity contribution in [3.8, 4) is 0 Å². The predicted molar refractivity (Wildman–Crippen MR) is 79.7 cm³/mol. The number of nitrogens with zero attached hydrogens (tertiary/aromatic N) is 1. The Hall–Kier alpha value is -1.12. The fraction of sp³-hybridized carbons (Fsp3) is 0.500. The number of hydrogen-bond acceptors (Lipinski definition) is 2. The van der Waals surface area contributed by atoms with Gasteiger partial charge >= 0.3 is 0 Å². The summed E-state index contributed by atoms with van der Waals surface area (Å²) < 4.78 is 0. The molecule has 1 aromatic carbocycles. The maximum Gasteiger partial charge on any atom is 0.0237 e. The standard InChI is InChI=1S/C16H26N2/c1-4-11-17-12-15(3)13-18(5-2)14-16-9-7-6-8-10-16/h6-10,17H,3-5,11-14H2,1-2H3. The van der Waals surface area contributed by atoms with Crippen LogP contribution >= 0.6 is 0 Å². The van der Waals surface area contributed by atoms with Gasteiger partial charge in [-0.2, -0.15) is 0 Å². The summed E-state index contributed by atoms with van der Waals surface area (Å²) in [6.45, 7) is 13.6. The molecular formula is C16H26N2. The van der Waals surface area contributed by atoms with E-state index in [4.69, 9.17) is 0 Å². The van der Waals surface area contributed by atoms with Crippen molar-refractivity contribution in [3.05, 3.63) is 48.0 Å². The van der Waals surface area contributed by atoms with Gasteiger partial charge in [-0.3, -0.25) is 4.90 Å². The van der Waals surface area contributed by atoms with Gasteiger partial charge in [0.2, 0.25) is 0 Å². The average molecular weight is 246 g/mol. The minimum atomic E-state index is 0.930. The summed E-state index contributed by atoms with van der Waals surface area (Å²) in [5.74, 6) is 0. The molecule has 0 radical (unpaired) electrons. The summed E-state index contributed by atoms with van der Waals surface area (Å²) in [5.41, 5.74) is 2.63. The van der Waals surface area contributed by atoms with Gasteiger partial charge in [-0.1, -0.05) is 50.8 Å². The van der Waals surface area contributed by atoms with E-state index in [0.717, 1.165) is 32.7 Å². The number of rotatable bonds is 9. The minimum Gasteiger partial charge on any atom is -0.313 e. The van der Waals surface area contributed by atoms with E-state index in [1.807, 2.05) is 0 Å². The van der Waals surface area contributed by atoms with Crippen molar-refractivity contribution >= 4 is 0 Å². The Morgan fingerprint density at radius 2 is 1.94 bits per heavy atom. The summed E-state index contributed by atoms with van der Waals surface area (Å²) in [6.07, 6.45) is 1.18. The fourth-order valence-electron chi connectivity index (χ4n) is 1.94. The van der Waals surface area contributed by atoms with E-state index in [2.05, 4.69) is 61.0 Å². The van der Waals surface area contributed by atoms with Crippen LogP contribution in [-0.2, 0) is 6.54 Å². The summed E-state index contributed by atoms with van der Waals surface area (Å²) in [4.78, 5) is 2.42. The molecule has 2 nitrogen and oxygen atoms in total. The quantitative estimate of drug-likeness (QED) is 0.532. The van der Waals surface area contributed by atoms with Crippen LogP contribution in [0.25, 0.3) is 0 Å². The maximum atomic E-state index is 4.15. The Morgan fingerprint density at radius 1 is 1.22 bits per heavy atom. The van der Waals surface area contributed by atoms with Crippen LogP contribution in [0.5, 0.6) is 0 Å². The Balaban J connectivity index is 2.35. The van der Waals surface area contributed by atoms with Gasteiger partial charge in [-0.15, -0.1) is 0 Å². The first-order valence-electron chi connectivity index (χ1n) is 6.89. The smallest absolute Gasteiger partial charge is 0.0237 e. The lowest BCUT2D eigenvalue weighted by atomic mass is 10.2. The zero-order valence-corrected chi connectivity index (χ0v) is 11.8. The minimum absolute atomic E-state index is 0.930. The van der Waals surface area contributed by atoms with E-state index in [0.29, 0.717) is 0 Å². The number of likely N-dealkylation sites (N-methyl/N-ethyl adjacent to an activating group) is 1. The van der Waals surface area contributed by atoms with Gasteiger partial charge in [0.1, 0.15) is 0 Å². The topological polar surface area (TPSA) is 15.3 Å². The molecule has 0 amide bonds.